The molecule has 2 rings (SSSR count). The highest BCUT2D eigenvalue weighted by Gasteiger charge is 2.16. The molecule has 0 amide bonds. The third-order valence-corrected chi connectivity index (χ3v) is 2.05. The molecule has 6 heteroatoms. The molecule has 0 saturated carbocycles. The van der Waals surface area contributed by atoms with E-state index in [0.717, 1.165) is 0 Å². The number of hydrogen-bond acceptors (Lipinski definition) is 4. The molecule has 5 nitrogen and oxygen atoms in total. The number of H-pyrrole nitrogens is 1. The van der Waals surface area contributed by atoms with Gasteiger partial charge in [0.05, 0.1) is 12.1 Å². The Labute approximate surface area is 90.4 Å². The molecule has 0 aliphatic carbocycles. The number of hydrogen-bond donors (Lipinski definition) is 1. The fourth-order valence-corrected chi connectivity index (χ4v) is 1.36. The first-order valence-corrected chi connectivity index (χ1v) is 4.78. The quantitative estimate of drug-likeness (QED) is 0.625. The standard InChI is InChI=1S/C9H8ClN3O2/c1-2-15-9(14)8-7-5(12-13-8)3-4-6(10)11-7/h3-4H,2H2,1H3,(H,12,13). The van der Waals surface area contributed by atoms with Crippen LogP contribution in [0, 0.1) is 0 Å². The van der Waals surface area contributed by atoms with Crippen LogP contribution in [-0.4, -0.2) is 27.8 Å². The lowest BCUT2D eigenvalue weighted by Crippen LogP contribution is -2.05. The average molecular weight is 226 g/mol. The number of carbonyl (C=O) groups excluding carboxylic acids is 1. The number of fused-ring (bicyclic) bond motifs is 1. The molecule has 15 heavy (non-hydrogen) atoms. The van der Waals surface area contributed by atoms with Gasteiger partial charge in [-0.3, -0.25) is 5.10 Å². The van der Waals surface area contributed by atoms with E-state index in [0.29, 0.717) is 22.8 Å². The van der Waals surface area contributed by atoms with Gasteiger partial charge in [0.1, 0.15) is 10.7 Å². The molecule has 2 aromatic heterocycles. The zero-order valence-electron chi connectivity index (χ0n) is 7.95. The zero-order chi connectivity index (χ0) is 10.8. The topological polar surface area (TPSA) is 67.9 Å². The number of halogens is 1. The zero-order valence-corrected chi connectivity index (χ0v) is 8.71. The second-order valence-corrected chi connectivity index (χ2v) is 3.21. The molecule has 0 aromatic carbocycles. The van der Waals surface area contributed by atoms with Crippen LogP contribution >= 0.6 is 11.6 Å². The molecule has 0 saturated heterocycles. The Morgan fingerprint density at radius 1 is 1.60 bits per heavy atom. The minimum atomic E-state index is -0.501. The second-order valence-electron chi connectivity index (χ2n) is 2.82. The minimum absolute atomic E-state index is 0.161. The molecule has 0 spiro atoms. The van der Waals surface area contributed by atoms with Gasteiger partial charge in [0, 0.05) is 0 Å². The van der Waals surface area contributed by atoms with Crippen LogP contribution < -0.4 is 0 Å². The van der Waals surface area contributed by atoms with Gasteiger partial charge in [0.2, 0.25) is 0 Å². The monoisotopic (exact) mass is 225 g/mol. The molecule has 2 heterocycles. The van der Waals surface area contributed by atoms with E-state index >= 15 is 0 Å². The van der Waals surface area contributed by atoms with Crippen molar-refractivity contribution >= 4 is 28.6 Å². The smallest absolute Gasteiger partial charge is 0.361 e. The SMILES string of the molecule is CCOC(=O)c1n[nH]c2ccc(Cl)nc12. The molecule has 0 aliphatic rings. The minimum Gasteiger partial charge on any atom is -0.461 e. The third kappa shape index (κ3) is 1.78. The van der Waals surface area contributed by atoms with Crippen molar-refractivity contribution in [2.45, 2.75) is 6.92 Å². The number of rotatable bonds is 2. The molecule has 1 N–H and O–H groups in total. The van der Waals surface area contributed by atoms with Gasteiger partial charge in [-0.05, 0) is 19.1 Å². The number of aromatic nitrogens is 3. The number of nitrogens with one attached hydrogen (secondary N) is 1. The van der Waals surface area contributed by atoms with Crippen LogP contribution in [0.15, 0.2) is 12.1 Å². The van der Waals surface area contributed by atoms with Gasteiger partial charge in [-0.15, -0.1) is 0 Å². The Balaban J connectivity index is 2.52. The van der Waals surface area contributed by atoms with E-state index in [2.05, 4.69) is 15.2 Å². The summed E-state index contributed by atoms with van der Waals surface area (Å²) in [6, 6.07) is 3.33. The summed E-state index contributed by atoms with van der Waals surface area (Å²) in [5.74, 6) is -0.501. The number of carbonyl (C=O) groups is 1. The summed E-state index contributed by atoms with van der Waals surface area (Å²) in [5.41, 5.74) is 1.25. The first kappa shape index (κ1) is 9.92. The van der Waals surface area contributed by atoms with E-state index in [1.54, 1.807) is 19.1 Å². The van der Waals surface area contributed by atoms with Gasteiger partial charge in [0.15, 0.2) is 5.69 Å². The molecule has 0 unspecified atom stereocenters. The highest BCUT2D eigenvalue weighted by molar-refractivity contribution is 6.29. The van der Waals surface area contributed by atoms with Crippen LogP contribution in [-0.2, 0) is 4.74 Å². The average Bonchev–Trinajstić information content (AvgIpc) is 2.60. The van der Waals surface area contributed by atoms with Crippen LogP contribution in [0.4, 0.5) is 0 Å². The highest BCUT2D eigenvalue weighted by atomic mass is 35.5. The first-order valence-electron chi connectivity index (χ1n) is 4.40. The van der Waals surface area contributed by atoms with E-state index < -0.39 is 5.97 Å². The fraction of sp³-hybridized carbons (Fsp3) is 0.222. The van der Waals surface area contributed by atoms with Crippen molar-refractivity contribution in [2.75, 3.05) is 6.61 Å². The second kappa shape index (κ2) is 3.86. The summed E-state index contributed by atoms with van der Waals surface area (Å²) in [7, 11) is 0. The molecule has 0 fully saturated rings. The lowest BCUT2D eigenvalue weighted by atomic mass is 10.3. The molecule has 78 valence electrons. The number of pyridine rings is 1. The number of ether oxygens (including phenoxy) is 1. The van der Waals surface area contributed by atoms with Crippen LogP contribution in [0.5, 0.6) is 0 Å². The maximum atomic E-state index is 11.4. The molecule has 0 bridgehead atoms. The van der Waals surface area contributed by atoms with Gasteiger partial charge in [0.25, 0.3) is 0 Å². The van der Waals surface area contributed by atoms with E-state index in [1.807, 2.05) is 0 Å². The third-order valence-electron chi connectivity index (χ3n) is 1.84. The van der Waals surface area contributed by atoms with Crippen LogP contribution in [0.2, 0.25) is 5.15 Å². The summed E-state index contributed by atoms with van der Waals surface area (Å²) >= 11 is 5.72. The first-order chi connectivity index (χ1) is 7.22. The molecule has 0 radical (unpaired) electrons. The van der Waals surface area contributed by atoms with Gasteiger partial charge in [-0.25, -0.2) is 9.78 Å². The highest BCUT2D eigenvalue weighted by Crippen LogP contribution is 2.16. The number of esters is 1. The summed E-state index contributed by atoms with van der Waals surface area (Å²) in [6.07, 6.45) is 0. The number of nitrogens with zero attached hydrogens (tertiary/aromatic N) is 2. The Kier molecular flexibility index (Phi) is 2.55. The number of aromatic amines is 1. The molecule has 2 aromatic rings. The van der Waals surface area contributed by atoms with Crippen LogP contribution in [0.25, 0.3) is 11.0 Å². The largest absolute Gasteiger partial charge is 0.461 e. The summed E-state index contributed by atoms with van der Waals surface area (Å²) < 4.78 is 4.83. The maximum Gasteiger partial charge on any atom is 0.361 e. The van der Waals surface area contributed by atoms with Crippen molar-refractivity contribution < 1.29 is 9.53 Å². The predicted molar refractivity (Wildman–Crippen MR) is 54.9 cm³/mol. The maximum absolute atomic E-state index is 11.4. The summed E-state index contributed by atoms with van der Waals surface area (Å²) in [5, 5.41) is 6.83. The molecular formula is C9H8ClN3O2. The summed E-state index contributed by atoms with van der Waals surface area (Å²) in [6.45, 7) is 2.03. The summed E-state index contributed by atoms with van der Waals surface area (Å²) in [4.78, 5) is 15.5. The van der Waals surface area contributed by atoms with Crippen molar-refractivity contribution in [3.63, 3.8) is 0 Å². The van der Waals surface area contributed by atoms with E-state index in [-0.39, 0.29) is 5.69 Å². The lowest BCUT2D eigenvalue weighted by Gasteiger charge is -1.97. The van der Waals surface area contributed by atoms with E-state index in [4.69, 9.17) is 16.3 Å². The predicted octanol–water partition coefficient (Wildman–Crippen LogP) is 1.79. The van der Waals surface area contributed by atoms with E-state index in [9.17, 15) is 4.79 Å². The Morgan fingerprint density at radius 3 is 3.13 bits per heavy atom. The fourth-order valence-electron chi connectivity index (χ4n) is 1.22. The lowest BCUT2D eigenvalue weighted by molar-refractivity contribution is 0.0521. The normalized spacial score (nSPS) is 10.5. The van der Waals surface area contributed by atoms with Gasteiger partial charge in [-0.1, -0.05) is 11.6 Å². The van der Waals surface area contributed by atoms with Gasteiger partial charge >= 0.3 is 5.97 Å². The Hall–Kier alpha value is -1.62. The van der Waals surface area contributed by atoms with Crippen LogP contribution in [0.1, 0.15) is 17.4 Å². The van der Waals surface area contributed by atoms with Crippen molar-refractivity contribution in [2.24, 2.45) is 0 Å². The Bertz CT molecular complexity index is 509. The Morgan fingerprint density at radius 2 is 2.40 bits per heavy atom. The molecular weight excluding hydrogens is 218 g/mol. The van der Waals surface area contributed by atoms with E-state index in [1.165, 1.54) is 0 Å². The van der Waals surface area contributed by atoms with Crippen LogP contribution in [0.3, 0.4) is 0 Å². The van der Waals surface area contributed by atoms with Gasteiger partial charge in [-0.2, -0.15) is 5.10 Å². The molecule has 0 atom stereocenters. The van der Waals surface area contributed by atoms with Crippen molar-refractivity contribution in [1.82, 2.24) is 15.2 Å². The van der Waals surface area contributed by atoms with Gasteiger partial charge < -0.3 is 4.74 Å². The van der Waals surface area contributed by atoms with Crippen molar-refractivity contribution in [1.29, 1.82) is 0 Å². The van der Waals surface area contributed by atoms with Crippen molar-refractivity contribution in [3.8, 4) is 0 Å². The molecule has 0 aliphatic heterocycles. The van der Waals surface area contributed by atoms with Crippen molar-refractivity contribution in [3.05, 3.63) is 23.0 Å².